The molecule has 2 atom stereocenters. The second kappa shape index (κ2) is 12.0. The molecule has 1 unspecified atom stereocenters. The normalized spacial score (nSPS) is 15.9. The number of alkyl halides is 4. The number of carbonyl (C=O) groups excluding carboxylic acids is 3. The van der Waals surface area contributed by atoms with Crippen molar-refractivity contribution in [3.05, 3.63) is 59.3 Å². The molecule has 15 heteroatoms. The smallest absolute Gasteiger partial charge is 0.416 e. The lowest BCUT2D eigenvalue weighted by Gasteiger charge is -2.20. The van der Waals surface area contributed by atoms with Crippen LogP contribution in [0.2, 0.25) is 0 Å². The van der Waals surface area contributed by atoms with Gasteiger partial charge in [0.2, 0.25) is 5.91 Å². The lowest BCUT2D eigenvalue weighted by atomic mass is 10.0. The summed E-state index contributed by atoms with van der Waals surface area (Å²) in [6.07, 6.45) is -4.73. The number of amides is 2. The highest BCUT2D eigenvalue weighted by Gasteiger charge is 2.31. The van der Waals surface area contributed by atoms with Crippen LogP contribution in [0.3, 0.4) is 0 Å². The second-order valence-electron chi connectivity index (χ2n) is 8.85. The first-order valence-electron chi connectivity index (χ1n) is 12.0. The number of hydrogen-bond donors (Lipinski definition) is 5. The lowest BCUT2D eigenvalue weighted by Crippen LogP contribution is -2.41. The number of H-pyrrole nitrogens is 1. The van der Waals surface area contributed by atoms with Gasteiger partial charge in [-0.25, -0.2) is 9.38 Å². The molecule has 11 nitrogen and oxygen atoms in total. The third-order valence-corrected chi connectivity index (χ3v) is 5.96. The monoisotopic (exact) mass is 563 g/mol. The predicted molar refractivity (Wildman–Crippen MR) is 136 cm³/mol. The molecule has 1 aromatic heterocycles. The van der Waals surface area contributed by atoms with E-state index in [4.69, 9.17) is 0 Å². The van der Waals surface area contributed by atoms with Crippen LogP contribution in [0.4, 0.5) is 23.2 Å². The third-order valence-electron chi connectivity index (χ3n) is 5.96. The molecule has 0 bridgehead atoms. The molecular weight excluding hydrogens is 538 g/mol. The van der Waals surface area contributed by atoms with E-state index in [2.05, 4.69) is 41.2 Å². The van der Waals surface area contributed by atoms with Crippen molar-refractivity contribution in [3.8, 4) is 0 Å². The van der Waals surface area contributed by atoms with Crippen LogP contribution in [0.15, 0.2) is 47.6 Å². The van der Waals surface area contributed by atoms with E-state index in [9.17, 15) is 31.9 Å². The summed E-state index contributed by atoms with van der Waals surface area (Å²) in [6.45, 7) is -0.474. The first-order chi connectivity index (χ1) is 19.0. The molecule has 5 N–H and O–H groups in total. The summed E-state index contributed by atoms with van der Waals surface area (Å²) in [5, 5.41) is 17.9. The lowest BCUT2D eigenvalue weighted by molar-refractivity contribution is -0.141. The van der Waals surface area contributed by atoms with Gasteiger partial charge in [-0.2, -0.15) is 18.3 Å². The summed E-state index contributed by atoms with van der Waals surface area (Å²) in [6, 6.07) is 6.24. The number of benzene rings is 2. The number of halogens is 4. The van der Waals surface area contributed by atoms with Gasteiger partial charge in [0, 0.05) is 11.1 Å². The van der Waals surface area contributed by atoms with E-state index < -0.39 is 54.7 Å². The van der Waals surface area contributed by atoms with E-state index in [1.807, 2.05) is 0 Å². The van der Waals surface area contributed by atoms with Gasteiger partial charge in [0.25, 0.3) is 5.91 Å². The van der Waals surface area contributed by atoms with Gasteiger partial charge in [0.05, 0.1) is 62.0 Å². The quantitative estimate of drug-likeness (QED) is 0.209. The number of esters is 1. The van der Waals surface area contributed by atoms with Crippen LogP contribution in [0.25, 0.3) is 10.9 Å². The number of anilines is 1. The minimum absolute atomic E-state index is 0.0123. The molecule has 2 aromatic carbocycles. The summed E-state index contributed by atoms with van der Waals surface area (Å²) < 4.78 is 57.5. The average Bonchev–Trinajstić information content (AvgIpc) is 3.40. The van der Waals surface area contributed by atoms with E-state index in [1.165, 1.54) is 18.3 Å². The van der Waals surface area contributed by atoms with Gasteiger partial charge in [-0.1, -0.05) is 12.1 Å². The van der Waals surface area contributed by atoms with Crippen LogP contribution in [0.5, 0.6) is 0 Å². The Hall–Kier alpha value is -4.69. The van der Waals surface area contributed by atoms with Crippen molar-refractivity contribution in [2.45, 2.75) is 24.8 Å². The molecule has 2 amide bonds. The zero-order chi connectivity index (χ0) is 28.9. The standard InChI is InChI=1S/C25H25F4N7O4/c1-40-22(38)8-19(13-3-2-4-14(5-13)25(27,28)29)35-21(37)12-30-23(39)17-6-16(7-20-18(17)11-33-36-20)34-24-31-9-15(26)10-32-24/h2-7,11,15,19H,8-10,12H2,1H3,(H,30,39)(H,33,36)(H,35,37)(H2,31,32,34)/t19-/m0/s1. The largest absolute Gasteiger partial charge is 0.469 e. The fourth-order valence-corrected chi connectivity index (χ4v) is 3.98. The van der Waals surface area contributed by atoms with Crippen LogP contribution in [-0.4, -0.2) is 66.9 Å². The maximum atomic E-state index is 13.3. The van der Waals surface area contributed by atoms with Crippen LogP contribution in [-0.2, 0) is 20.5 Å². The van der Waals surface area contributed by atoms with E-state index >= 15 is 0 Å². The van der Waals surface area contributed by atoms with Crippen LogP contribution in [0.1, 0.15) is 33.9 Å². The molecule has 0 saturated heterocycles. The number of carbonyl (C=O) groups is 3. The zero-order valence-electron chi connectivity index (χ0n) is 21.1. The number of nitrogens with one attached hydrogen (secondary N) is 5. The Morgan fingerprint density at radius 3 is 2.70 bits per heavy atom. The number of rotatable bonds is 8. The molecule has 40 heavy (non-hydrogen) atoms. The number of guanidine groups is 1. The van der Waals surface area contributed by atoms with Crippen molar-refractivity contribution in [1.82, 2.24) is 26.1 Å². The molecule has 4 rings (SSSR count). The fourth-order valence-electron chi connectivity index (χ4n) is 3.98. The highest BCUT2D eigenvalue weighted by atomic mass is 19.4. The maximum Gasteiger partial charge on any atom is 0.416 e. The van der Waals surface area contributed by atoms with Crippen molar-refractivity contribution >= 4 is 40.3 Å². The summed E-state index contributed by atoms with van der Waals surface area (Å²) >= 11 is 0. The molecule has 3 aromatic rings. The number of nitrogens with zero attached hydrogens (tertiary/aromatic N) is 2. The number of fused-ring (bicyclic) bond motifs is 1. The van der Waals surface area contributed by atoms with Crippen molar-refractivity contribution in [2.75, 3.05) is 32.1 Å². The molecule has 0 aliphatic carbocycles. The Morgan fingerprint density at radius 1 is 1.20 bits per heavy atom. The SMILES string of the molecule is COC(=O)C[C@H](NC(=O)CNC(=O)c1cc(NC2=NCC(F)CN2)cc2[nH]ncc12)c1cccc(C(F)(F)F)c1. The van der Waals surface area contributed by atoms with Crippen molar-refractivity contribution in [1.29, 1.82) is 0 Å². The van der Waals surface area contributed by atoms with Crippen LogP contribution >= 0.6 is 0 Å². The van der Waals surface area contributed by atoms with Crippen molar-refractivity contribution in [2.24, 2.45) is 4.99 Å². The summed E-state index contributed by atoms with van der Waals surface area (Å²) in [7, 11) is 1.11. The van der Waals surface area contributed by atoms with Gasteiger partial charge in [0.15, 0.2) is 5.96 Å². The fraction of sp³-hybridized carbons (Fsp3) is 0.320. The number of ether oxygens (including phenoxy) is 1. The topological polar surface area (TPSA) is 150 Å². The first-order valence-corrected chi connectivity index (χ1v) is 12.0. The molecule has 0 fully saturated rings. The molecule has 1 aliphatic heterocycles. The van der Waals surface area contributed by atoms with Gasteiger partial charge >= 0.3 is 12.1 Å². The summed E-state index contributed by atoms with van der Waals surface area (Å²) in [5.74, 6) is -1.82. The van der Waals surface area contributed by atoms with Gasteiger partial charge < -0.3 is 26.0 Å². The first kappa shape index (κ1) is 28.3. The zero-order valence-corrected chi connectivity index (χ0v) is 21.1. The highest BCUT2D eigenvalue weighted by molar-refractivity contribution is 6.09. The number of methoxy groups -OCH3 is 1. The maximum absolute atomic E-state index is 13.3. The van der Waals surface area contributed by atoms with Crippen molar-refractivity contribution < 1.29 is 36.7 Å². The number of aliphatic imine (C=N–C) groups is 1. The van der Waals surface area contributed by atoms with Crippen molar-refractivity contribution in [3.63, 3.8) is 0 Å². The van der Waals surface area contributed by atoms with Gasteiger partial charge in [-0.15, -0.1) is 0 Å². The number of aromatic amines is 1. The Balaban J connectivity index is 1.46. The Morgan fingerprint density at radius 2 is 2.00 bits per heavy atom. The predicted octanol–water partition coefficient (Wildman–Crippen LogP) is 2.44. The summed E-state index contributed by atoms with van der Waals surface area (Å²) in [5.41, 5.74) is 0.195. The van der Waals surface area contributed by atoms with E-state index in [-0.39, 0.29) is 24.2 Å². The molecular formula is C25H25F4N7O4. The van der Waals surface area contributed by atoms with E-state index in [0.717, 1.165) is 25.3 Å². The summed E-state index contributed by atoms with van der Waals surface area (Å²) in [4.78, 5) is 41.7. The highest BCUT2D eigenvalue weighted by Crippen LogP contribution is 2.31. The van der Waals surface area contributed by atoms with E-state index in [0.29, 0.717) is 22.5 Å². The van der Waals surface area contributed by atoms with Gasteiger partial charge in [-0.3, -0.25) is 19.5 Å². The molecule has 0 saturated carbocycles. The second-order valence-corrected chi connectivity index (χ2v) is 8.85. The number of aromatic nitrogens is 2. The van der Waals surface area contributed by atoms with Gasteiger partial charge in [0.1, 0.15) is 6.17 Å². The third kappa shape index (κ3) is 7.03. The average molecular weight is 564 g/mol. The molecule has 2 heterocycles. The minimum Gasteiger partial charge on any atom is -0.469 e. The Labute approximate surface area is 224 Å². The van der Waals surface area contributed by atoms with E-state index in [1.54, 1.807) is 6.07 Å². The number of hydrogen-bond acceptors (Lipinski definition) is 8. The Bertz CT molecular complexity index is 1440. The van der Waals surface area contributed by atoms with Crippen LogP contribution < -0.4 is 21.3 Å². The molecule has 0 spiro atoms. The Kier molecular flexibility index (Phi) is 8.50. The molecule has 0 radical (unpaired) electrons. The molecule has 1 aliphatic rings. The van der Waals surface area contributed by atoms with Gasteiger partial charge in [-0.05, 0) is 29.8 Å². The van der Waals surface area contributed by atoms with Crippen LogP contribution in [0, 0.1) is 0 Å². The minimum atomic E-state index is -4.62. The molecule has 212 valence electrons.